The van der Waals surface area contributed by atoms with Gasteiger partial charge in [-0.25, -0.2) is 18.1 Å². The number of unbranched alkanes of at least 4 members (excludes halogenated alkanes) is 1. The normalized spacial score (nSPS) is 13.6. The number of aromatic nitrogens is 1. The van der Waals surface area contributed by atoms with Crippen LogP contribution >= 0.6 is 11.6 Å². The second-order valence-corrected chi connectivity index (χ2v) is 7.80. The molecule has 0 amide bonds. The molecule has 1 aliphatic heterocycles. The zero-order valence-corrected chi connectivity index (χ0v) is 15.1. The van der Waals surface area contributed by atoms with E-state index in [4.69, 9.17) is 21.1 Å². The molecule has 0 atom stereocenters. The SMILES string of the molecule is O=S(=O)(NCCCCc1ccc2c(c1)OCCO2)c1ccc(Cl)nc1. The topological polar surface area (TPSA) is 77.5 Å². The van der Waals surface area contributed by atoms with Gasteiger partial charge in [-0.15, -0.1) is 0 Å². The molecule has 0 fully saturated rings. The average molecular weight is 383 g/mol. The third-order valence-electron chi connectivity index (χ3n) is 3.80. The quantitative estimate of drug-likeness (QED) is 0.588. The van der Waals surface area contributed by atoms with Gasteiger partial charge in [0, 0.05) is 12.7 Å². The Morgan fingerprint density at radius 1 is 1.08 bits per heavy atom. The van der Waals surface area contributed by atoms with Crippen molar-refractivity contribution in [1.29, 1.82) is 0 Å². The molecule has 0 bridgehead atoms. The fraction of sp³-hybridized carbons (Fsp3) is 0.353. The van der Waals surface area contributed by atoms with E-state index < -0.39 is 10.0 Å². The van der Waals surface area contributed by atoms with E-state index in [-0.39, 0.29) is 10.0 Å². The molecule has 0 saturated heterocycles. The molecule has 25 heavy (non-hydrogen) atoms. The largest absolute Gasteiger partial charge is 0.486 e. The zero-order chi connectivity index (χ0) is 17.7. The summed E-state index contributed by atoms with van der Waals surface area (Å²) in [6.45, 7) is 1.52. The molecule has 0 spiro atoms. The Kier molecular flexibility index (Phi) is 5.78. The number of rotatable bonds is 7. The molecule has 0 saturated carbocycles. The average Bonchev–Trinajstić information content (AvgIpc) is 2.61. The molecule has 1 aromatic heterocycles. The lowest BCUT2D eigenvalue weighted by Crippen LogP contribution is -2.25. The number of nitrogens with zero attached hydrogens (tertiary/aromatic N) is 1. The Hall–Kier alpha value is -1.83. The first-order valence-corrected chi connectivity index (χ1v) is 9.90. The van der Waals surface area contributed by atoms with Crippen LogP contribution in [0.5, 0.6) is 11.5 Å². The maximum absolute atomic E-state index is 12.1. The van der Waals surface area contributed by atoms with Gasteiger partial charge < -0.3 is 9.47 Å². The molecular formula is C17H19ClN2O4S. The van der Waals surface area contributed by atoms with E-state index in [0.29, 0.717) is 19.8 Å². The highest BCUT2D eigenvalue weighted by Crippen LogP contribution is 2.31. The lowest BCUT2D eigenvalue weighted by atomic mass is 10.1. The number of hydrogen-bond acceptors (Lipinski definition) is 5. The van der Waals surface area contributed by atoms with Crippen molar-refractivity contribution in [2.45, 2.75) is 24.2 Å². The summed E-state index contributed by atoms with van der Waals surface area (Å²) in [6.07, 6.45) is 3.69. The van der Waals surface area contributed by atoms with Gasteiger partial charge in [-0.3, -0.25) is 0 Å². The van der Waals surface area contributed by atoms with Crippen molar-refractivity contribution < 1.29 is 17.9 Å². The summed E-state index contributed by atoms with van der Waals surface area (Å²) in [5.74, 6) is 1.55. The minimum absolute atomic E-state index is 0.115. The molecular weight excluding hydrogens is 364 g/mol. The number of nitrogens with one attached hydrogen (secondary N) is 1. The standard InChI is InChI=1S/C17H19ClN2O4S/c18-17-7-5-14(12-19-17)25(21,22)20-8-2-1-3-13-4-6-15-16(11-13)24-10-9-23-15/h4-7,11-12,20H,1-3,8-10H2. The third kappa shape index (κ3) is 4.84. The van der Waals surface area contributed by atoms with Crippen LogP contribution in [-0.4, -0.2) is 33.2 Å². The van der Waals surface area contributed by atoms with Crippen LogP contribution in [0.15, 0.2) is 41.4 Å². The van der Waals surface area contributed by atoms with Gasteiger partial charge in [0.2, 0.25) is 10.0 Å². The summed E-state index contributed by atoms with van der Waals surface area (Å²) in [6, 6.07) is 8.81. The number of halogens is 1. The molecule has 6 nitrogen and oxygen atoms in total. The van der Waals surface area contributed by atoms with Gasteiger partial charge in [0.1, 0.15) is 23.3 Å². The first-order valence-electron chi connectivity index (χ1n) is 8.04. The molecule has 0 radical (unpaired) electrons. The monoisotopic (exact) mass is 382 g/mol. The molecule has 2 aromatic rings. The van der Waals surface area contributed by atoms with E-state index in [1.54, 1.807) is 0 Å². The van der Waals surface area contributed by atoms with Crippen LogP contribution in [0.2, 0.25) is 5.15 Å². The minimum Gasteiger partial charge on any atom is -0.486 e. The van der Waals surface area contributed by atoms with Gasteiger partial charge in [-0.2, -0.15) is 0 Å². The fourth-order valence-corrected chi connectivity index (χ4v) is 3.64. The summed E-state index contributed by atoms with van der Waals surface area (Å²) in [4.78, 5) is 3.90. The number of benzene rings is 1. The van der Waals surface area contributed by atoms with Crippen LogP contribution in [-0.2, 0) is 16.4 Å². The molecule has 1 aromatic carbocycles. The van der Waals surface area contributed by atoms with Crippen LogP contribution in [0.1, 0.15) is 18.4 Å². The van der Waals surface area contributed by atoms with Crippen LogP contribution in [0, 0.1) is 0 Å². The maximum atomic E-state index is 12.1. The van der Waals surface area contributed by atoms with Gasteiger partial charge in [-0.1, -0.05) is 17.7 Å². The van der Waals surface area contributed by atoms with Crippen molar-refractivity contribution in [1.82, 2.24) is 9.71 Å². The number of ether oxygens (including phenoxy) is 2. The number of fused-ring (bicyclic) bond motifs is 1. The van der Waals surface area contributed by atoms with Gasteiger partial charge >= 0.3 is 0 Å². The molecule has 8 heteroatoms. The van der Waals surface area contributed by atoms with Crippen molar-refractivity contribution in [3.05, 3.63) is 47.2 Å². The summed E-state index contributed by atoms with van der Waals surface area (Å²) in [7, 11) is -3.54. The Labute approximate surface area is 152 Å². The third-order valence-corrected chi connectivity index (χ3v) is 5.47. The Morgan fingerprint density at radius 2 is 1.88 bits per heavy atom. The number of pyridine rings is 1. The van der Waals surface area contributed by atoms with Gasteiger partial charge in [0.15, 0.2) is 11.5 Å². The van der Waals surface area contributed by atoms with E-state index in [2.05, 4.69) is 9.71 Å². The van der Waals surface area contributed by atoms with Crippen molar-refractivity contribution in [2.75, 3.05) is 19.8 Å². The van der Waals surface area contributed by atoms with Crippen molar-refractivity contribution in [3.63, 3.8) is 0 Å². The summed E-state index contributed by atoms with van der Waals surface area (Å²) in [5.41, 5.74) is 1.15. The van der Waals surface area contributed by atoms with Crippen LogP contribution in [0.3, 0.4) is 0 Å². The summed E-state index contributed by atoms with van der Waals surface area (Å²) >= 11 is 5.67. The molecule has 1 N–H and O–H groups in total. The smallest absolute Gasteiger partial charge is 0.242 e. The number of aryl methyl sites for hydroxylation is 1. The van der Waals surface area contributed by atoms with E-state index in [1.165, 1.54) is 18.3 Å². The van der Waals surface area contributed by atoms with E-state index in [1.807, 2.05) is 18.2 Å². The molecule has 134 valence electrons. The fourth-order valence-electron chi connectivity index (χ4n) is 2.51. The predicted octanol–water partition coefficient (Wildman–Crippen LogP) is 2.81. The van der Waals surface area contributed by atoms with Crippen molar-refractivity contribution in [2.24, 2.45) is 0 Å². The Morgan fingerprint density at radius 3 is 2.64 bits per heavy atom. The van der Waals surface area contributed by atoms with Crippen LogP contribution < -0.4 is 14.2 Å². The first kappa shape index (κ1) is 18.0. The molecule has 1 aliphatic rings. The summed E-state index contributed by atoms with van der Waals surface area (Å²) < 4.78 is 37.9. The zero-order valence-electron chi connectivity index (χ0n) is 13.6. The minimum atomic E-state index is -3.54. The Bertz CT molecular complexity index is 825. The highest BCUT2D eigenvalue weighted by molar-refractivity contribution is 7.89. The highest BCUT2D eigenvalue weighted by Gasteiger charge is 2.14. The maximum Gasteiger partial charge on any atom is 0.242 e. The second-order valence-electron chi connectivity index (χ2n) is 5.65. The first-order chi connectivity index (χ1) is 12.0. The number of hydrogen-bond donors (Lipinski definition) is 1. The predicted molar refractivity (Wildman–Crippen MR) is 94.8 cm³/mol. The van der Waals surface area contributed by atoms with E-state index in [9.17, 15) is 8.42 Å². The molecule has 2 heterocycles. The van der Waals surface area contributed by atoms with E-state index >= 15 is 0 Å². The Balaban J connectivity index is 1.45. The molecule has 0 aliphatic carbocycles. The number of sulfonamides is 1. The van der Waals surface area contributed by atoms with Crippen LogP contribution in [0.25, 0.3) is 0 Å². The molecule has 3 rings (SSSR count). The molecule has 0 unspecified atom stereocenters. The van der Waals surface area contributed by atoms with Crippen molar-refractivity contribution in [3.8, 4) is 11.5 Å². The van der Waals surface area contributed by atoms with Crippen molar-refractivity contribution >= 4 is 21.6 Å². The van der Waals surface area contributed by atoms with Crippen LogP contribution in [0.4, 0.5) is 0 Å². The lowest BCUT2D eigenvalue weighted by molar-refractivity contribution is 0.171. The summed E-state index contributed by atoms with van der Waals surface area (Å²) in [5, 5.41) is 0.262. The van der Waals surface area contributed by atoms with Gasteiger partial charge in [0.05, 0.1) is 0 Å². The second kappa shape index (κ2) is 8.03. The van der Waals surface area contributed by atoms with E-state index in [0.717, 1.165) is 36.3 Å². The van der Waals surface area contributed by atoms with Gasteiger partial charge in [-0.05, 0) is 49.1 Å². The van der Waals surface area contributed by atoms with Gasteiger partial charge in [0.25, 0.3) is 0 Å². The lowest BCUT2D eigenvalue weighted by Gasteiger charge is -2.18. The highest BCUT2D eigenvalue weighted by atomic mass is 35.5.